The van der Waals surface area contributed by atoms with Crippen LogP contribution in [0.1, 0.15) is 17.7 Å². The van der Waals surface area contributed by atoms with E-state index in [0.29, 0.717) is 0 Å². The number of halogens is 3. The van der Waals surface area contributed by atoms with Crippen molar-refractivity contribution in [3.63, 3.8) is 0 Å². The molecule has 0 aromatic carbocycles. The zero-order valence-corrected chi connectivity index (χ0v) is 7.22. The van der Waals surface area contributed by atoms with Gasteiger partial charge in [-0.3, -0.25) is 0 Å². The van der Waals surface area contributed by atoms with Crippen LogP contribution in [0.3, 0.4) is 0 Å². The number of nitrogen functional groups attached to an aromatic ring is 1. The smallest absolute Gasteiger partial charge is 0.267 e. The Labute approximate surface area is 78.1 Å². The first-order chi connectivity index (χ1) is 6.06. The van der Waals surface area contributed by atoms with Crippen molar-refractivity contribution in [3.05, 3.63) is 17.3 Å². The summed E-state index contributed by atoms with van der Waals surface area (Å²) in [7, 11) is 0. The third kappa shape index (κ3) is 1.98. The van der Waals surface area contributed by atoms with E-state index >= 15 is 0 Å². The minimum absolute atomic E-state index is 0.0236. The molecule has 3 N–H and O–H groups in total. The maximum Gasteiger partial charge on any atom is 0.267 e. The molecule has 1 aromatic rings. The summed E-state index contributed by atoms with van der Waals surface area (Å²) in [5, 5.41) is 9.08. The fourth-order valence-corrected chi connectivity index (χ4v) is 1.01. The summed E-state index contributed by atoms with van der Waals surface area (Å²) < 4.78 is 24.5. The quantitative estimate of drug-likeness (QED) is 0.732. The van der Waals surface area contributed by atoms with E-state index in [-0.39, 0.29) is 17.4 Å². The third-order valence-corrected chi connectivity index (χ3v) is 1.75. The second kappa shape index (κ2) is 3.74. The highest BCUT2D eigenvalue weighted by Crippen LogP contribution is 2.32. The van der Waals surface area contributed by atoms with Crippen molar-refractivity contribution >= 4 is 17.4 Å². The third-order valence-electron chi connectivity index (χ3n) is 1.47. The highest BCUT2D eigenvalue weighted by molar-refractivity contribution is 6.16. The van der Waals surface area contributed by atoms with Gasteiger partial charge in [0.05, 0.1) is 17.1 Å². The number of alkyl halides is 3. The summed E-state index contributed by atoms with van der Waals surface area (Å²) in [6, 6.07) is 1.03. The van der Waals surface area contributed by atoms with Gasteiger partial charge in [-0.1, -0.05) is 0 Å². The molecule has 1 heterocycles. The molecule has 3 nitrogen and oxygen atoms in total. The average molecular weight is 209 g/mol. The van der Waals surface area contributed by atoms with E-state index in [0.717, 1.165) is 6.07 Å². The molecule has 0 bridgehead atoms. The summed E-state index contributed by atoms with van der Waals surface area (Å²) >= 11 is 5.38. The molecule has 6 heteroatoms. The van der Waals surface area contributed by atoms with Crippen molar-refractivity contribution in [1.29, 1.82) is 0 Å². The Hall–Kier alpha value is -1.10. The normalized spacial score (nSPS) is 10.8. The molecule has 1 rings (SSSR count). The summed E-state index contributed by atoms with van der Waals surface area (Å²) in [6.07, 6.45) is -2.78. The van der Waals surface area contributed by atoms with Crippen LogP contribution in [0, 0.1) is 0 Å². The molecule has 0 aliphatic rings. The Morgan fingerprint density at radius 2 is 2.23 bits per heavy atom. The number of rotatable bonds is 2. The van der Waals surface area contributed by atoms with E-state index in [2.05, 4.69) is 4.98 Å². The zero-order chi connectivity index (χ0) is 10.0. The van der Waals surface area contributed by atoms with Gasteiger partial charge in [0, 0.05) is 0 Å². The lowest BCUT2D eigenvalue weighted by atomic mass is 10.2. The molecule has 0 atom stereocenters. The number of anilines is 1. The summed E-state index contributed by atoms with van der Waals surface area (Å²) in [4.78, 5) is 3.60. The standard InChI is InChI=1S/C7H7ClF2N2O/c8-2-3-1-4(6(9)10)5(13)7(11)12-3/h1,6,13H,2H2,(H2,11,12). The van der Waals surface area contributed by atoms with Gasteiger partial charge in [-0.25, -0.2) is 13.8 Å². The zero-order valence-electron chi connectivity index (χ0n) is 6.47. The van der Waals surface area contributed by atoms with Gasteiger partial charge in [0.1, 0.15) is 0 Å². The van der Waals surface area contributed by atoms with E-state index in [1.165, 1.54) is 0 Å². The minimum Gasteiger partial charge on any atom is -0.504 e. The van der Waals surface area contributed by atoms with Crippen LogP contribution in [-0.4, -0.2) is 10.1 Å². The average Bonchev–Trinajstić information content (AvgIpc) is 2.09. The van der Waals surface area contributed by atoms with Crippen LogP contribution in [-0.2, 0) is 5.88 Å². The number of aromatic hydroxyl groups is 1. The fourth-order valence-electron chi connectivity index (χ4n) is 0.870. The Morgan fingerprint density at radius 1 is 1.62 bits per heavy atom. The first-order valence-electron chi connectivity index (χ1n) is 3.38. The topological polar surface area (TPSA) is 59.1 Å². The molecule has 0 aliphatic heterocycles. The maximum atomic E-state index is 12.2. The predicted molar refractivity (Wildman–Crippen MR) is 44.8 cm³/mol. The molecule has 0 fully saturated rings. The maximum absolute atomic E-state index is 12.2. The second-order valence-corrected chi connectivity index (χ2v) is 2.64. The van der Waals surface area contributed by atoms with Crippen molar-refractivity contribution in [1.82, 2.24) is 4.98 Å². The Morgan fingerprint density at radius 3 is 2.69 bits per heavy atom. The predicted octanol–water partition coefficient (Wildman–Crippen LogP) is 2.05. The van der Waals surface area contributed by atoms with Gasteiger partial charge < -0.3 is 10.8 Å². The molecule has 1 aromatic heterocycles. The van der Waals surface area contributed by atoms with Crippen LogP contribution in [0.5, 0.6) is 5.75 Å². The van der Waals surface area contributed by atoms with E-state index in [1.54, 1.807) is 0 Å². The Bertz CT molecular complexity index is 320. The van der Waals surface area contributed by atoms with Gasteiger partial charge in [0.25, 0.3) is 6.43 Å². The lowest BCUT2D eigenvalue weighted by Gasteiger charge is -2.06. The van der Waals surface area contributed by atoms with Crippen molar-refractivity contribution in [2.45, 2.75) is 12.3 Å². The molecule has 0 spiro atoms. The largest absolute Gasteiger partial charge is 0.504 e. The highest BCUT2D eigenvalue weighted by atomic mass is 35.5. The Kier molecular flexibility index (Phi) is 2.87. The molecule has 72 valence electrons. The van der Waals surface area contributed by atoms with Gasteiger partial charge in [0.2, 0.25) is 0 Å². The van der Waals surface area contributed by atoms with Crippen molar-refractivity contribution < 1.29 is 13.9 Å². The second-order valence-electron chi connectivity index (χ2n) is 2.37. The fraction of sp³-hybridized carbons (Fsp3) is 0.286. The number of nitrogens with two attached hydrogens (primary N) is 1. The van der Waals surface area contributed by atoms with E-state index in [9.17, 15) is 8.78 Å². The lowest BCUT2D eigenvalue weighted by molar-refractivity contribution is 0.147. The molecule has 0 aliphatic carbocycles. The number of hydrogen-bond donors (Lipinski definition) is 2. The van der Waals surface area contributed by atoms with Crippen LogP contribution in [0.2, 0.25) is 0 Å². The number of hydrogen-bond acceptors (Lipinski definition) is 3. The lowest BCUT2D eigenvalue weighted by Crippen LogP contribution is -1.99. The van der Waals surface area contributed by atoms with Crippen LogP contribution in [0.15, 0.2) is 6.07 Å². The van der Waals surface area contributed by atoms with E-state index < -0.39 is 17.7 Å². The Balaban J connectivity index is 3.25. The molecule has 0 radical (unpaired) electrons. The molecule has 0 unspecified atom stereocenters. The van der Waals surface area contributed by atoms with Crippen molar-refractivity contribution in [2.75, 3.05) is 5.73 Å². The molecule has 0 saturated heterocycles. The number of nitrogens with zero attached hydrogens (tertiary/aromatic N) is 1. The number of pyridine rings is 1. The molecular formula is C7H7ClF2N2O. The van der Waals surface area contributed by atoms with Crippen LogP contribution in [0.4, 0.5) is 14.6 Å². The monoisotopic (exact) mass is 208 g/mol. The first-order valence-corrected chi connectivity index (χ1v) is 3.92. The summed E-state index contributed by atoms with van der Waals surface area (Å²) in [5.74, 6) is -1.03. The number of aromatic nitrogens is 1. The van der Waals surface area contributed by atoms with Gasteiger partial charge in [0.15, 0.2) is 11.6 Å². The van der Waals surface area contributed by atoms with Crippen LogP contribution in [0.25, 0.3) is 0 Å². The highest BCUT2D eigenvalue weighted by Gasteiger charge is 2.16. The summed E-state index contributed by atoms with van der Waals surface area (Å²) in [6.45, 7) is 0. The van der Waals surface area contributed by atoms with Gasteiger partial charge in [-0.05, 0) is 6.07 Å². The van der Waals surface area contributed by atoms with E-state index in [1.807, 2.05) is 0 Å². The van der Waals surface area contributed by atoms with Crippen molar-refractivity contribution in [2.24, 2.45) is 0 Å². The minimum atomic E-state index is -2.78. The van der Waals surface area contributed by atoms with Crippen LogP contribution < -0.4 is 5.73 Å². The van der Waals surface area contributed by atoms with E-state index in [4.69, 9.17) is 22.4 Å². The van der Waals surface area contributed by atoms with Crippen LogP contribution >= 0.6 is 11.6 Å². The molecule has 13 heavy (non-hydrogen) atoms. The van der Waals surface area contributed by atoms with Gasteiger partial charge in [-0.15, -0.1) is 11.6 Å². The molecular weight excluding hydrogens is 202 g/mol. The molecule has 0 saturated carbocycles. The van der Waals surface area contributed by atoms with Crippen molar-refractivity contribution in [3.8, 4) is 5.75 Å². The van der Waals surface area contributed by atoms with Gasteiger partial charge >= 0.3 is 0 Å². The molecule has 0 amide bonds. The van der Waals surface area contributed by atoms with Gasteiger partial charge in [-0.2, -0.15) is 0 Å². The summed E-state index contributed by atoms with van der Waals surface area (Å²) in [5.41, 5.74) is 4.86. The first kappa shape index (κ1) is 9.98. The SMILES string of the molecule is Nc1nc(CCl)cc(C(F)F)c1O.